The SMILES string of the molecule is O=C(CCP=S)NCNC(=O)OCC1=C(C(=O)O)N2C(=O)C(NC(=O)c3cccs3)C2SC1. The smallest absolute Gasteiger partial charge is 0.408 e. The Morgan fingerprint density at radius 2 is 2.09 bits per heavy atom. The predicted octanol–water partition coefficient (Wildman–Crippen LogP) is 0.698. The number of alkyl carbamates (subject to hydrolysis) is 1. The molecule has 0 bridgehead atoms. The van der Waals surface area contributed by atoms with E-state index in [-0.39, 0.29) is 42.6 Å². The van der Waals surface area contributed by atoms with Gasteiger partial charge < -0.3 is 25.8 Å². The molecule has 15 heteroatoms. The molecule has 2 aliphatic heterocycles. The second kappa shape index (κ2) is 11.5. The molecule has 0 spiro atoms. The molecular weight excluding hydrogens is 511 g/mol. The Morgan fingerprint density at radius 3 is 2.76 bits per heavy atom. The van der Waals surface area contributed by atoms with Crippen molar-refractivity contribution in [1.82, 2.24) is 20.9 Å². The van der Waals surface area contributed by atoms with Gasteiger partial charge in [-0.05, 0) is 18.8 Å². The summed E-state index contributed by atoms with van der Waals surface area (Å²) in [5.74, 6) is -2.34. The molecule has 0 aromatic carbocycles. The second-order valence-corrected chi connectivity index (χ2v) is 10.3. The van der Waals surface area contributed by atoms with E-state index in [0.717, 1.165) is 4.90 Å². The molecule has 0 aliphatic carbocycles. The highest BCUT2D eigenvalue weighted by Gasteiger charge is 2.54. The van der Waals surface area contributed by atoms with Crippen LogP contribution in [0.15, 0.2) is 28.8 Å². The number of amides is 4. The Hall–Kier alpha value is -2.54. The van der Waals surface area contributed by atoms with Gasteiger partial charge in [0.25, 0.3) is 11.8 Å². The van der Waals surface area contributed by atoms with Crippen LogP contribution in [0.3, 0.4) is 0 Å². The number of nitrogens with one attached hydrogen (secondary N) is 3. The number of β-lactam (4-membered cyclic amide) rings is 1. The minimum atomic E-state index is -1.33. The molecule has 1 fully saturated rings. The molecule has 0 radical (unpaired) electrons. The number of ether oxygens (including phenoxy) is 1. The van der Waals surface area contributed by atoms with E-state index in [0.29, 0.717) is 18.4 Å². The van der Waals surface area contributed by atoms with E-state index in [9.17, 15) is 29.1 Å². The summed E-state index contributed by atoms with van der Waals surface area (Å²) in [4.78, 5) is 61.6. The van der Waals surface area contributed by atoms with Crippen molar-refractivity contribution in [3.63, 3.8) is 0 Å². The topological polar surface area (TPSA) is 154 Å². The van der Waals surface area contributed by atoms with Gasteiger partial charge in [0.1, 0.15) is 23.7 Å². The summed E-state index contributed by atoms with van der Waals surface area (Å²) in [6.45, 7) is -0.490. The maximum Gasteiger partial charge on any atom is 0.408 e. The van der Waals surface area contributed by atoms with Crippen LogP contribution in [0, 0.1) is 0 Å². The van der Waals surface area contributed by atoms with Crippen molar-refractivity contribution < 1.29 is 33.8 Å². The summed E-state index contributed by atoms with van der Waals surface area (Å²) in [7, 11) is 0.679. The molecule has 3 rings (SSSR count). The minimum Gasteiger partial charge on any atom is -0.477 e. The van der Waals surface area contributed by atoms with Crippen molar-refractivity contribution in [3.8, 4) is 0 Å². The Labute approximate surface area is 203 Å². The summed E-state index contributed by atoms with van der Waals surface area (Å²) in [5, 5.41) is 18.3. The van der Waals surface area contributed by atoms with Crippen LogP contribution in [0.1, 0.15) is 16.1 Å². The van der Waals surface area contributed by atoms with Crippen LogP contribution in [-0.4, -0.2) is 76.4 Å². The van der Waals surface area contributed by atoms with E-state index >= 15 is 0 Å². The molecular formula is C18H19N4O7PS3. The van der Waals surface area contributed by atoms with E-state index in [1.807, 2.05) is 0 Å². The van der Waals surface area contributed by atoms with Gasteiger partial charge in [0.15, 0.2) is 0 Å². The third-order valence-electron chi connectivity index (χ3n) is 4.61. The fourth-order valence-electron chi connectivity index (χ4n) is 3.07. The lowest BCUT2D eigenvalue weighted by molar-refractivity contribution is -0.148. The maximum absolute atomic E-state index is 12.6. The summed E-state index contributed by atoms with van der Waals surface area (Å²) < 4.78 is 5.05. The molecule has 1 aromatic heterocycles. The predicted molar refractivity (Wildman–Crippen MR) is 125 cm³/mol. The average Bonchev–Trinajstić information content (AvgIpc) is 3.34. The first-order chi connectivity index (χ1) is 15.8. The first-order valence-electron chi connectivity index (χ1n) is 9.54. The number of carboxylic acid groups (broad SMARTS) is 1. The van der Waals surface area contributed by atoms with Gasteiger partial charge in [-0.3, -0.25) is 19.3 Å². The molecule has 33 heavy (non-hydrogen) atoms. The number of thiophene rings is 1. The van der Waals surface area contributed by atoms with E-state index in [1.54, 1.807) is 17.5 Å². The van der Waals surface area contributed by atoms with Crippen LogP contribution < -0.4 is 16.0 Å². The minimum absolute atomic E-state index is 0.149. The Balaban J connectivity index is 1.54. The maximum atomic E-state index is 12.6. The monoisotopic (exact) mass is 530 g/mol. The third-order valence-corrected chi connectivity index (χ3v) is 7.77. The molecule has 2 aliphatic rings. The normalized spacial score (nSPS) is 19.4. The van der Waals surface area contributed by atoms with Gasteiger partial charge >= 0.3 is 12.1 Å². The second-order valence-electron chi connectivity index (χ2n) is 6.73. The summed E-state index contributed by atoms with van der Waals surface area (Å²) in [6, 6.07) is 2.51. The van der Waals surface area contributed by atoms with E-state index in [1.165, 1.54) is 23.1 Å². The standard InChI is InChI=1S/C18H19N4O7PS3/c23-11(3-4-30-31)19-8-20-18(28)29-6-9-7-33-16-12(15(25)22(16)13(9)17(26)27)21-14(24)10-2-1-5-32-10/h1-2,5,12,16H,3-4,6-8H2,(H,19,23)(H,20,28)(H,21,24)(H,26,27). The van der Waals surface area contributed by atoms with Gasteiger partial charge in [-0.25, -0.2) is 9.59 Å². The number of thioether (sulfide) groups is 1. The zero-order valence-electron chi connectivity index (χ0n) is 16.9. The fourth-order valence-corrected chi connectivity index (χ4v) is 5.59. The lowest BCUT2D eigenvalue weighted by atomic mass is 10.0. The third kappa shape index (κ3) is 6.08. The number of nitrogens with zero attached hydrogens (tertiary/aromatic N) is 1. The van der Waals surface area contributed by atoms with Gasteiger partial charge in [0.05, 0.1) is 11.5 Å². The van der Waals surface area contributed by atoms with Gasteiger partial charge in [0.2, 0.25) is 5.91 Å². The van der Waals surface area contributed by atoms with Gasteiger partial charge in [-0.1, -0.05) is 17.9 Å². The number of hydrogen-bond donors (Lipinski definition) is 4. The number of rotatable bonds is 10. The molecule has 11 nitrogen and oxygen atoms in total. The van der Waals surface area contributed by atoms with Crippen molar-refractivity contribution in [2.75, 3.05) is 25.2 Å². The van der Waals surface area contributed by atoms with Crippen LogP contribution in [-0.2, 0) is 30.9 Å². The summed E-state index contributed by atoms with van der Waals surface area (Å²) >= 11 is 7.23. The quantitative estimate of drug-likeness (QED) is 0.194. The van der Waals surface area contributed by atoms with Crippen LogP contribution >= 0.6 is 30.5 Å². The molecule has 2 atom stereocenters. The molecule has 1 saturated heterocycles. The number of carbonyl (C=O) groups excluding carboxylic acids is 4. The lowest BCUT2D eigenvalue weighted by Gasteiger charge is -2.49. The summed E-state index contributed by atoms with van der Waals surface area (Å²) in [5.41, 5.74) is -0.00155. The highest BCUT2D eigenvalue weighted by atomic mass is 32.4. The summed E-state index contributed by atoms with van der Waals surface area (Å²) in [6.07, 6.45) is -0.0743. The Kier molecular flexibility index (Phi) is 8.78. The number of carbonyl (C=O) groups is 5. The van der Waals surface area contributed by atoms with Gasteiger partial charge in [0, 0.05) is 23.9 Å². The number of aliphatic carboxylic acids is 1. The van der Waals surface area contributed by atoms with Crippen LogP contribution in [0.2, 0.25) is 0 Å². The highest BCUT2D eigenvalue weighted by molar-refractivity contribution is 8.00. The molecule has 0 saturated carbocycles. The van der Waals surface area contributed by atoms with Gasteiger partial charge in [-0.2, -0.15) is 0 Å². The van der Waals surface area contributed by atoms with Crippen molar-refractivity contribution in [1.29, 1.82) is 0 Å². The largest absolute Gasteiger partial charge is 0.477 e. The number of fused-ring (bicyclic) bond motifs is 1. The number of hydrogen-bond acceptors (Lipinski definition) is 9. The zero-order chi connectivity index (χ0) is 24.0. The first-order valence-corrected chi connectivity index (χ1v) is 13.6. The molecule has 2 unspecified atom stereocenters. The molecule has 4 amide bonds. The van der Waals surface area contributed by atoms with Crippen LogP contribution in [0.4, 0.5) is 4.79 Å². The Bertz CT molecular complexity index is 1000. The molecule has 4 N–H and O–H groups in total. The fraction of sp³-hybridized carbons (Fsp3) is 0.389. The van der Waals surface area contributed by atoms with E-state index in [4.69, 9.17) is 16.5 Å². The van der Waals surface area contributed by atoms with Crippen molar-refractivity contribution in [2.45, 2.75) is 17.8 Å². The first kappa shape index (κ1) is 25.1. The van der Waals surface area contributed by atoms with Crippen molar-refractivity contribution >= 4 is 72.0 Å². The van der Waals surface area contributed by atoms with Crippen molar-refractivity contribution in [3.05, 3.63) is 33.7 Å². The molecule has 176 valence electrons. The molecule has 1 aromatic rings. The Morgan fingerprint density at radius 1 is 1.30 bits per heavy atom. The molecule has 3 heterocycles. The van der Waals surface area contributed by atoms with E-state index < -0.39 is 35.3 Å². The van der Waals surface area contributed by atoms with Crippen LogP contribution in [0.25, 0.3) is 0 Å². The van der Waals surface area contributed by atoms with Crippen molar-refractivity contribution in [2.24, 2.45) is 0 Å². The van der Waals surface area contributed by atoms with E-state index in [2.05, 4.69) is 16.0 Å². The zero-order valence-corrected chi connectivity index (χ0v) is 20.3. The van der Waals surface area contributed by atoms with Gasteiger partial charge in [-0.15, -0.1) is 23.1 Å². The lowest BCUT2D eigenvalue weighted by Crippen LogP contribution is -2.70. The number of carboxylic acids is 1. The average molecular weight is 531 g/mol. The highest BCUT2D eigenvalue weighted by Crippen LogP contribution is 2.40. The van der Waals surface area contributed by atoms with Crippen LogP contribution in [0.5, 0.6) is 0 Å².